The van der Waals surface area contributed by atoms with E-state index in [4.69, 9.17) is 5.11 Å². The summed E-state index contributed by atoms with van der Waals surface area (Å²) < 4.78 is 0. The van der Waals surface area contributed by atoms with E-state index < -0.39 is 5.97 Å². The van der Waals surface area contributed by atoms with Crippen LogP contribution in [0.1, 0.15) is 48.2 Å². The number of aromatic nitrogens is 1. The van der Waals surface area contributed by atoms with Crippen LogP contribution in [-0.4, -0.2) is 28.5 Å². The lowest BCUT2D eigenvalue weighted by Crippen LogP contribution is -2.24. The number of pyridine rings is 1. The molecule has 0 saturated carbocycles. The van der Waals surface area contributed by atoms with Gasteiger partial charge in [-0.1, -0.05) is 12.8 Å². The van der Waals surface area contributed by atoms with Crippen LogP contribution in [0.5, 0.6) is 0 Å². The molecule has 1 heterocycles. The van der Waals surface area contributed by atoms with Gasteiger partial charge in [-0.05, 0) is 31.9 Å². The molecule has 0 aliphatic heterocycles. The van der Waals surface area contributed by atoms with E-state index in [1.165, 1.54) is 0 Å². The SMILES string of the molecule is Cc1ccc(C(=O)NCCCCCCC(=O)O)cn1. The molecular formula is C14H20N2O3. The number of carboxylic acids is 1. The zero-order chi connectivity index (χ0) is 14.1. The third-order valence-corrected chi connectivity index (χ3v) is 2.78. The summed E-state index contributed by atoms with van der Waals surface area (Å²) in [6, 6.07) is 3.56. The van der Waals surface area contributed by atoms with Crippen LogP contribution >= 0.6 is 0 Å². The molecule has 1 aromatic rings. The number of hydrogen-bond acceptors (Lipinski definition) is 3. The summed E-state index contributed by atoms with van der Waals surface area (Å²) >= 11 is 0. The minimum atomic E-state index is -0.750. The first-order valence-electron chi connectivity index (χ1n) is 6.52. The molecule has 19 heavy (non-hydrogen) atoms. The van der Waals surface area contributed by atoms with Gasteiger partial charge in [-0.15, -0.1) is 0 Å². The van der Waals surface area contributed by atoms with E-state index in [2.05, 4.69) is 10.3 Å². The highest BCUT2D eigenvalue weighted by Crippen LogP contribution is 2.03. The number of aliphatic carboxylic acids is 1. The van der Waals surface area contributed by atoms with Gasteiger partial charge in [0.05, 0.1) is 5.56 Å². The Bertz CT molecular complexity index is 415. The molecule has 0 fully saturated rings. The maximum absolute atomic E-state index is 11.7. The van der Waals surface area contributed by atoms with Crippen LogP contribution in [0.25, 0.3) is 0 Å². The fourth-order valence-electron chi connectivity index (χ4n) is 1.66. The van der Waals surface area contributed by atoms with Crippen LogP contribution in [0.4, 0.5) is 0 Å². The maximum atomic E-state index is 11.7. The molecule has 0 radical (unpaired) electrons. The van der Waals surface area contributed by atoms with Gasteiger partial charge < -0.3 is 10.4 Å². The Hall–Kier alpha value is -1.91. The van der Waals surface area contributed by atoms with Crippen molar-refractivity contribution in [2.24, 2.45) is 0 Å². The van der Waals surface area contributed by atoms with Crippen molar-refractivity contribution in [3.8, 4) is 0 Å². The molecule has 0 saturated heterocycles. The van der Waals surface area contributed by atoms with Crippen LogP contribution in [0, 0.1) is 6.92 Å². The van der Waals surface area contributed by atoms with Crippen molar-refractivity contribution in [3.05, 3.63) is 29.6 Å². The predicted molar refractivity (Wildman–Crippen MR) is 72.0 cm³/mol. The highest BCUT2D eigenvalue weighted by Gasteiger charge is 2.04. The highest BCUT2D eigenvalue weighted by atomic mass is 16.4. The smallest absolute Gasteiger partial charge is 0.303 e. The summed E-state index contributed by atoms with van der Waals surface area (Å²) in [6.07, 6.45) is 5.17. The van der Waals surface area contributed by atoms with Crippen molar-refractivity contribution in [1.82, 2.24) is 10.3 Å². The number of nitrogens with one attached hydrogen (secondary N) is 1. The molecule has 0 unspecified atom stereocenters. The van der Waals surface area contributed by atoms with Crippen LogP contribution in [-0.2, 0) is 4.79 Å². The normalized spacial score (nSPS) is 10.2. The van der Waals surface area contributed by atoms with Gasteiger partial charge in [0.2, 0.25) is 0 Å². The molecule has 0 aliphatic rings. The van der Waals surface area contributed by atoms with Crippen molar-refractivity contribution >= 4 is 11.9 Å². The molecule has 1 rings (SSSR count). The number of carbonyl (C=O) groups excluding carboxylic acids is 1. The van der Waals surface area contributed by atoms with Gasteiger partial charge >= 0.3 is 5.97 Å². The molecule has 0 bridgehead atoms. The molecule has 0 spiro atoms. The number of aryl methyl sites for hydroxylation is 1. The van der Waals surface area contributed by atoms with Crippen LogP contribution in [0.3, 0.4) is 0 Å². The van der Waals surface area contributed by atoms with E-state index in [1.807, 2.05) is 6.92 Å². The van der Waals surface area contributed by atoms with Gasteiger partial charge in [0.25, 0.3) is 5.91 Å². The zero-order valence-corrected chi connectivity index (χ0v) is 11.2. The molecule has 1 amide bonds. The summed E-state index contributed by atoms with van der Waals surface area (Å²) in [5.41, 5.74) is 1.45. The Morgan fingerprint density at radius 3 is 2.58 bits per heavy atom. The van der Waals surface area contributed by atoms with Crippen LogP contribution in [0.15, 0.2) is 18.3 Å². The maximum Gasteiger partial charge on any atom is 0.303 e. The minimum absolute atomic E-state index is 0.113. The van der Waals surface area contributed by atoms with Gasteiger partial charge in [0.1, 0.15) is 0 Å². The van der Waals surface area contributed by atoms with Crippen molar-refractivity contribution in [1.29, 1.82) is 0 Å². The fraction of sp³-hybridized carbons (Fsp3) is 0.500. The number of hydrogen-bond donors (Lipinski definition) is 2. The molecule has 5 heteroatoms. The lowest BCUT2D eigenvalue weighted by Gasteiger charge is -2.05. The third-order valence-electron chi connectivity index (χ3n) is 2.78. The average molecular weight is 264 g/mol. The highest BCUT2D eigenvalue weighted by molar-refractivity contribution is 5.93. The Morgan fingerprint density at radius 2 is 1.95 bits per heavy atom. The number of carboxylic acid groups (broad SMARTS) is 1. The Balaban J connectivity index is 2.11. The quantitative estimate of drug-likeness (QED) is 0.705. The first kappa shape index (κ1) is 15.1. The van der Waals surface area contributed by atoms with Crippen molar-refractivity contribution < 1.29 is 14.7 Å². The predicted octanol–water partition coefficient (Wildman–Crippen LogP) is 2.15. The second-order valence-electron chi connectivity index (χ2n) is 4.50. The third kappa shape index (κ3) is 6.55. The van der Waals surface area contributed by atoms with E-state index >= 15 is 0 Å². The van der Waals surface area contributed by atoms with E-state index in [-0.39, 0.29) is 12.3 Å². The number of rotatable bonds is 8. The number of carbonyl (C=O) groups is 2. The summed E-state index contributed by atoms with van der Waals surface area (Å²) in [4.78, 5) is 26.1. The molecule has 1 aromatic heterocycles. The molecule has 0 aromatic carbocycles. The average Bonchev–Trinajstić information content (AvgIpc) is 2.38. The van der Waals surface area contributed by atoms with Gasteiger partial charge in [-0.25, -0.2) is 0 Å². The summed E-state index contributed by atoms with van der Waals surface area (Å²) in [5.74, 6) is -0.863. The molecule has 104 valence electrons. The van der Waals surface area contributed by atoms with Crippen LogP contribution < -0.4 is 5.32 Å². The standard InChI is InChI=1S/C14H20N2O3/c1-11-7-8-12(10-16-11)14(19)15-9-5-3-2-4-6-13(17)18/h7-8,10H,2-6,9H2,1H3,(H,15,19)(H,17,18). The first-order chi connectivity index (χ1) is 9.09. The van der Waals surface area contributed by atoms with Gasteiger partial charge in [0.15, 0.2) is 0 Å². The molecule has 0 aliphatic carbocycles. The number of amides is 1. The molecule has 0 atom stereocenters. The second-order valence-corrected chi connectivity index (χ2v) is 4.50. The minimum Gasteiger partial charge on any atom is -0.481 e. The molecular weight excluding hydrogens is 244 g/mol. The lowest BCUT2D eigenvalue weighted by atomic mass is 10.1. The van der Waals surface area contributed by atoms with Crippen molar-refractivity contribution in [2.75, 3.05) is 6.54 Å². The van der Waals surface area contributed by atoms with E-state index in [1.54, 1.807) is 18.3 Å². The summed E-state index contributed by atoms with van der Waals surface area (Å²) in [6.45, 7) is 2.48. The molecule has 2 N–H and O–H groups in total. The first-order valence-corrected chi connectivity index (χ1v) is 6.52. The van der Waals surface area contributed by atoms with Crippen molar-refractivity contribution in [2.45, 2.75) is 39.0 Å². The lowest BCUT2D eigenvalue weighted by molar-refractivity contribution is -0.137. The largest absolute Gasteiger partial charge is 0.481 e. The Kier molecular flexibility index (Phi) is 6.57. The fourth-order valence-corrected chi connectivity index (χ4v) is 1.66. The number of unbranched alkanes of at least 4 members (excludes halogenated alkanes) is 3. The number of nitrogens with zero attached hydrogens (tertiary/aromatic N) is 1. The van der Waals surface area contributed by atoms with E-state index in [0.717, 1.165) is 25.0 Å². The van der Waals surface area contributed by atoms with E-state index in [0.29, 0.717) is 18.5 Å². The second kappa shape index (κ2) is 8.24. The van der Waals surface area contributed by atoms with Gasteiger partial charge in [-0.2, -0.15) is 0 Å². The van der Waals surface area contributed by atoms with Gasteiger partial charge in [-0.3, -0.25) is 14.6 Å². The summed E-state index contributed by atoms with van der Waals surface area (Å²) in [7, 11) is 0. The summed E-state index contributed by atoms with van der Waals surface area (Å²) in [5, 5.41) is 11.3. The van der Waals surface area contributed by atoms with Gasteiger partial charge in [0, 0.05) is 24.9 Å². The Labute approximate surface area is 113 Å². The van der Waals surface area contributed by atoms with Crippen molar-refractivity contribution in [3.63, 3.8) is 0 Å². The van der Waals surface area contributed by atoms with E-state index in [9.17, 15) is 9.59 Å². The van der Waals surface area contributed by atoms with Crippen LogP contribution in [0.2, 0.25) is 0 Å². The Morgan fingerprint density at radius 1 is 1.21 bits per heavy atom. The zero-order valence-electron chi connectivity index (χ0n) is 11.2. The monoisotopic (exact) mass is 264 g/mol. The topological polar surface area (TPSA) is 79.3 Å². The molecule has 5 nitrogen and oxygen atoms in total.